The highest BCUT2D eigenvalue weighted by Crippen LogP contribution is 2.50. The summed E-state index contributed by atoms with van der Waals surface area (Å²) < 4.78 is 76.0. The second-order valence-electron chi connectivity index (χ2n) is 17.4. The molecule has 0 amide bonds. The molecule has 4 aromatic carbocycles. The first-order valence-corrected chi connectivity index (χ1v) is 22.4. The molecule has 4 aromatic heterocycles. The number of pyridine rings is 2. The Morgan fingerprint density at radius 1 is 0.647 bits per heavy atom. The number of esters is 1. The smallest absolute Gasteiger partial charge is 0.355 e. The summed E-state index contributed by atoms with van der Waals surface area (Å²) in [6.45, 7) is 6.28. The van der Waals surface area contributed by atoms with Gasteiger partial charge in [-0.05, 0) is 115 Å². The van der Waals surface area contributed by atoms with Gasteiger partial charge >= 0.3 is 11.9 Å². The Morgan fingerprint density at radius 3 is 1.49 bits per heavy atom. The highest BCUT2D eigenvalue weighted by atomic mass is 19.1. The average molecular weight is 925 g/mol. The number of fused-ring (bicyclic) bond motifs is 2. The lowest BCUT2D eigenvalue weighted by molar-refractivity contribution is 0.0515. The van der Waals surface area contributed by atoms with Crippen LogP contribution in [0.4, 0.5) is 17.6 Å². The van der Waals surface area contributed by atoms with E-state index >= 15 is 0 Å². The van der Waals surface area contributed by atoms with E-state index in [0.717, 1.165) is 46.8 Å². The van der Waals surface area contributed by atoms with Gasteiger partial charge in [0.25, 0.3) is 0 Å². The standard InChI is InChI=1S/C28H26F2N2O3.C26H22F2N2O3/c1-4-35-28(33)26-25(20-6-5-11-31-27(20)34-3)22-13-17(21-12-16(21)2)8-10-24(22)32(26)15-18-7-9-19(29)14-23(18)30;1-14-10-19(14)15-6-8-22-20(11-15)23(18-4-3-9-29-25(18)33-2)24(26(31)32)30(22)13-16-5-7-17(27)12-21(16)28/h5-11,13-14,16,21H,4,12,15H2,1-3H3;3-9,11-12,14,19H,10,13H2,1-2H3,(H,31,32)/t16-,21+;14-,19+/m11/s1. The van der Waals surface area contributed by atoms with E-state index in [1.165, 1.54) is 44.0 Å². The number of hydrogen-bond donors (Lipinski definition) is 1. The fourth-order valence-electron chi connectivity index (χ4n) is 9.41. The van der Waals surface area contributed by atoms with Crippen molar-refractivity contribution in [2.45, 2.75) is 58.5 Å². The summed E-state index contributed by atoms with van der Waals surface area (Å²) in [7, 11) is 3.01. The first kappa shape index (κ1) is 45.7. The van der Waals surface area contributed by atoms with Crippen molar-refractivity contribution in [2.75, 3.05) is 20.8 Å². The third kappa shape index (κ3) is 8.66. The van der Waals surface area contributed by atoms with E-state index < -0.39 is 35.2 Å². The van der Waals surface area contributed by atoms with Crippen LogP contribution >= 0.6 is 0 Å². The number of rotatable bonds is 13. The Balaban J connectivity index is 0.000000170. The largest absolute Gasteiger partial charge is 0.481 e. The van der Waals surface area contributed by atoms with Crippen molar-refractivity contribution < 1.29 is 46.5 Å². The van der Waals surface area contributed by atoms with E-state index in [-0.39, 0.29) is 42.2 Å². The number of hydrogen-bond acceptors (Lipinski definition) is 7. The number of aromatic nitrogens is 4. The van der Waals surface area contributed by atoms with Crippen LogP contribution in [0.5, 0.6) is 11.8 Å². The van der Waals surface area contributed by atoms with Crippen LogP contribution in [0.3, 0.4) is 0 Å². The molecule has 348 valence electrons. The number of aromatic carboxylic acids is 1. The second-order valence-corrected chi connectivity index (χ2v) is 17.4. The minimum atomic E-state index is -1.16. The quantitative estimate of drug-likeness (QED) is 0.0897. The van der Waals surface area contributed by atoms with Crippen molar-refractivity contribution >= 4 is 33.7 Å². The van der Waals surface area contributed by atoms with Gasteiger partial charge in [0.2, 0.25) is 11.8 Å². The molecule has 1 N–H and O–H groups in total. The molecule has 14 heteroatoms. The van der Waals surface area contributed by atoms with Crippen LogP contribution in [0.1, 0.15) is 88.7 Å². The molecule has 4 heterocycles. The molecule has 68 heavy (non-hydrogen) atoms. The summed E-state index contributed by atoms with van der Waals surface area (Å²) in [4.78, 5) is 34.5. The van der Waals surface area contributed by atoms with Gasteiger partial charge in [-0.1, -0.05) is 38.1 Å². The molecule has 2 saturated carbocycles. The minimum absolute atomic E-state index is 0.000945. The summed E-state index contributed by atoms with van der Waals surface area (Å²) in [5.41, 5.74) is 6.74. The van der Waals surface area contributed by atoms with E-state index in [9.17, 15) is 32.3 Å². The van der Waals surface area contributed by atoms with Gasteiger partial charge < -0.3 is 28.5 Å². The Labute approximate surface area is 389 Å². The van der Waals surface area contributed by atoms with Crippen molar-refractivity contribution in [1.29, 1.82) is 0 Å². The van der Waals surface area contributed by atoms with Gasteiger partial charge in [-0.2, -0.15) is 0 Å². The highest BCUT2D eigenvalue weighted by Gasteiger charge is 2.37. The van der Waals surface area contributed by atoms with Gasteiger partial charge in [-0.3, -0.25) is 0 Å². The molecule has 4 atom stereocenters. The number of nitrogens with zero attached hydrogens (tertiary/aromatic N) is 4. The Bertz CT molecular complexity index is 3260. The van der Waals surface area contributed by atoms with Crippen molar-refractivity contribution in [2.24, 2.45) is 11.8 Å². The van der Waals surface area contributed by atoms with Gasteiger partial charge in [0.05, 0.1) is 33.9 Å². The molecule has 2 aliphatic carbocycles. The normalized spacial score (nSPS) is 17.1. The number of carbonyl (C=O) groups excluding carboxylic acids is 1. The summed E-state index contributed by atoms with van der Waals surface area (Å²) in [6, 6.07) is 25.9. The van der Waals surface area contributed by atoms with Crippen molar-refractivity contribution in [3.8, 4) is 34.0 Å². The maximum absolute atomic E-state index is 14.7. The molecule has 10 nitrogen and oxygen atoms in total. The number of carboxylic acid groups (broad SMARTS) is 1. The molecule has 0 bridgehead atoms. The number of carboxylic acids is 1. The Morgan fingerprint density at radius 2 is 1.09 bits per heavy atom. The first-order valence-electron chi connectivity index (χ1n) is 22.4. The zero-order valence-electron chi connectivity index (χ0n) is 38.0. The number of carbonyl (C=O) groups is 2. The summed E-state index contributed by atoms with van der Waals surface area (Å²) in [5.74, 6) is -1.68. The van der Waals surface area contributed by atoms with Crippen molar-refractivity contribution in [1.82, 2.24) is 19.1 Å². The maximum Gasteiger partial charge on any atom is 0.355 e. The molecule has 10 rings (SSSR count). The fourth-order valence-corrected chi connectivity index (χ4v) is 9.41. The highest BCUT2D eigenvalue weighted by molar-refractivity contribution is 6.10. The monoisotopic (exact) mass is 924 g/mol. The maximum atomic E-state index is 14.7. The van der Waals surface area contributed by atoms with Crippen molar-refractivity contribution in [3.63, 3.8) is 0 Å². The minimum Gasteiger partial charge on any atom is -0.481 e. The molecule has 0 aliphatic heterocycles. The van der Waals surface area contributed by atoms with Gasteiger partial charge in [-0.25, -0.2) is 37.1 Å². The van der Waals surface area contributed by atoms with Crippen LogP contribution in [-0.4, -0.2) is 57.0 Å². The van der Waals surface area contributed by atoms with Crippen LogP contribution in [-0.2, 0) is 17.8 Å². The summed E-state index contributed by atoms with van der Waals surface area (Å²) in [6.07, 6.45) is 5.40. The zero-order valence-corrected chi connectivity index (χ0v) is 38.0. The number of halogens is 4. The lowest BCUT2D eigenvalue weighted by Crippen LogP contribution is -2.15. The van der Waals surface area contributed by atoms with E-state index in [4.69, 9.17) is 14.2 Å². The summed E-state index contributed by atoms with van der Waals surface area (Å²) in [5, 5.41) is 11.8. The topological polar surface area (TPSA) is 118 Å². The lowest BCUT2D eigenvalue weighted by Gasteiger charge is -2.13. The molecular weight excluding hydrogens is 877 g/mol. The van der Waals surface area contributed by atoms with E-state index in [0.29, 0.717) is 63.2 Å². The molecule has 2 aliphatic rings. The second kappa shape index (κ2) is 18.7. The zero-order chi connectivity index (χ0) is 48.0. The van der Waals surface area contributed by atoms with E-state index in [2.05, 4.69) is 35.9 Å². The fraction of sp³-hybridized carbons (Fsp3) is 0.259. The van der Waals surface area contributed by atoms with Crippen LogP contribution in [0.15, 0.2) is 109 Å². The molecular formula is C54H48F4N4O6. The Hall–Kier alpha value is -7.48. The summed E-state index contributed by atoms with van der Waals surface area (Å²) >= 11 is 0. The predicted molar refractivity (Wildman–Crippen MR) is 250 cm³/mol. The molecule has 8 aromatic rings. The Kier molecular flexibility index (Phi) is 12.5. The number of methoxy groups -OCH3 is 2. The van der Waals surface area contributed by atoms with Gasteiger partial charge in [0.15, 0.2) is 0 Å². The first-order chi connectivity index (χ1) is 32.8. The van der Waals surface area contributed by atoms with Crippen molar-refractivity contribution in [3.05, 3.63) is 166 Å². The molecule has 0 unspecified atom stereocenters. The predicted octanol–water partition coefficient (Wildman–Crippen LogP) is 12.2. The number of benzene rings is 4. The van der Waals surface area contributed by atoms with Crippen LogP contribution in [0.2, 0.25) is 0 Å². The lowest BCUT2D eigenvalue weighted by atomic mass is 9.99. The SMILES string of the molecule is CCOC(=O)c1c(-c2cccnc2OC)c2cc([C@H]3C[C@H]3C)ccc2n1Cc1ccc(F)cc1F.COc1ncccc1-c1c(C(=O)O)n(Cc2ccc(F)cc2F)c2ccc([C@H]3C[C@H]3C)cc12. The molecule has 0 radical (unpaired) electrons. The van der Waals surface area contributed by atoms with Crippen LogP contribution < -0.4 is 9.47 Å². The van der Waals surface area contributed by atoms with Gasteiger partial charge in [-0.15, -0.1) is 0 Å². The molecule has 0 saturated heterocycles. The molecule has 2 fully saturated rings. The van der Waals surface area contributed by atoms with Gasteiger partial charge in [0, 0.05) is 79.7 Å². The van der Waals surface area contributed by atoms with E-state index in [1.54, 1.807) is 46.7 Å². The van der Waals surface area contributed by atoms with Gasteiger partial charge in [0.1, 0.15) is 34.7 Å². The van der Waals surface area contributed by atoms with Crippen LogP contribution in [0, 0.1) is 35.1 Å². The third-order valence-corrected chi connectivity index (χ3v) is 13.1. The molecule has 0 spiro atoms. The third-order valence-electron chi connectivity index (χ3n) is 13.1. The van der Waals surface area contributed by atoms with E-state index in [1.807, 2.05) is 30.3 Å². The average Bonchev–Trinajstić information content (AvgIpc) is 4.20. The van der Waals surface area contributed by atoms with Crippen LogP contribution in [0.25, 0.3) is 44.1 Å². The number of ether oxygens (including phenoxy) is 3.